The van der Waals surface area contributed by atoms with Crippen LogP contribution in [0, 0.1) is 13.8 Å². The van der Waals surface area contributed by atoms with E-state index in [9.17, 15) is 0 Å². The highest BCUT2D eigenvalue weighted by Crippen LogP contribution is 2.12. The van der Waals surface area contributed by atoms with Gasteiger partial charge in [0.15, 0.2) is 5.65 Å². The van der Waals surface area contributed by atoms with Gasteiger partial charge in [0.2, 0.25) is 0 Å². The van der Waals surface area contributed by atoms with Crippen molar-refractivity contribution in [1.29, 1.82) is 0 Å². The summed E-state index contributed by atoms with van der Waals surface area (Å²) in [6, 6.07) is 3.95. The number of imidazole rings is 1. The molecule has 0 saturated carbocycles. The van der Waals surface area contributed by atoms with Crippen LogP contribution in [-0.2, 0) is 0 Å². The summed E-state index contributed by atoms with van der Waals surface area (Å²) < 4.78 is 3.75. The molecule has 0 spiro atoms. The van der Waals surface area contributed by atoms with Crippen molar-refractivity contribution in [1.82, 2.24) is 24.1 Å². The van der Waals surface area contributed by atoms with E-state index in [2.05, 4.69) is 15.1 Å². The maximum absolute atomic E-state index is 4.43. The van der Waals surface area contributed by atoms with Gasteiger partial charge in [-0.05, 0) is 13.8 Å². The molecule has 3 aromatic rings. The van der Waals surface area contributed by atoms with E-state index < -0.39 is 0 Å². The summed E-state index contributed by atoms with van der Waals surface area (Å²) in [6.07, 6.45) is 5.40. The van der Waals surface area contributed by atoms with Crippen LogP contribution in [0.4, 0.5) is 0 Å². The molecule has 0 N–H and O–H groups in total. The highest BCUT2D eigenvalue weighted by molar-refractivity contribution is 5.45. The van der Waals surface area contributed by atoms with Crippen LogP contribution in [0.1, 0.15) is 11.4 Å². The van der Waals surface area contributed by atoms with Gasteiger partial charge in [0, 0.05) is 30.2 Å². The summed E-state index contributed by atoms with van der Waals surface area (Å²) in [4.78, 5) is 8.48. The molecule has 0 amide bonds. The lowest BCUT2D eigenvalue weighted by atomic mass is 10.4. The normalized spacial score (nSPS) is 11.1. The third-order valence-electron chi connectivity index (χ3n) is 2.43. The molecule has 0 atom stereocenters. The van der Waals surface area contributed by atoms with Gasteiger partial charge in [0.05, 0.1) is 5.69 Å². The third kappa shape index (κ3) is 1.29. The van der Waals surface area contributed by atoms with Crippen molar-refractivity contribution in [2.75, 3.05) is 0 Å². The Hall–Kier alpha value is -2.17. The van der Waals surface area contributed by atoms with Gasteiger partial charge in [0.25, 0.3) is 0 Å². The fourth-order valence-electron chi connectivity index (χ4n) is 1.77. The first-order valence-electron chi connectivity index (χ1n) is 5.06. The van der Waals surface area contributed by atoms with Gasteiger partial charge in [-0.3, -0.25) is 4.57 Å². The molecule has 5 heteroatoms. The van der Waals surface area contributed by atoms with Crippen LogP contribution in [0.5, 0.6) is 0 Å². The highest BCUT2D eigenvalue weighted by Gasteiger charge is 2.07. The molecule has 0 aliphatic rings. The highest BCUT2D eigenvalue weighted by atomic mass is 15.3. The van der Waals surface area contributed by atoms with E-state index in [1.807, 2.05) is 41.3 Å². The lowest BCUT2D eigenvalue weighted by molar-refractivity contribution is 0.836. The SMILES string of the molecule is Cc1cc(-n2ccnc2)n2nc(C)cc2n1. The molecule has 3 heterocycles. The van der Waals surface area contributed by atoms with Crippen LogP contribution in [-0.4, -0.2) is 24.1 Å². The van der Waals surface area contributed by atoms with Gasteiger partial charge < -0.3 is 0 Å². The molecule has 16 heavy (non-hydrogen) atoms. The smallest absolute Gasteiger partial charge is 0.157 e. The molecule has 0 radical (unpaired) electrons. The second-order valence-electron chi connectivity index (χ2n) is 3.78. The van der Waals surface area contributed by atoms with E-state index in [1.165, 1.54) is 0 Å². The lowest BCUT2D eigenvalue weighted by Gasteiger charge is -2.05. The Labute approximate surface area is 92.4 Å². The molecule has 0 fully saturated rings. The van der Waals surface area contributed by atoms with Crippen LogP contribution in [0.15, 0.2) is 30.9 Å². The van der Waals surface area contributed by atoms with Crippen molar-refractivity contribution in [3.05, 3.63) is 42.2 Å². The monoisotopic (exact) mass is 213 g/mol. The van der Waals surface area contributed by atoms with Gasteiger partial charge in [-0.1, -0.05) is 0 Å². The first kappa shape index (κ1) is 9.08. The Kier molecular flexibility index (Phi) is 1.80. The van der Waals surface area contributed by atoms with Crippen LogP contribution in [0.2, 0.25) is 0 Å². The summed E-state index contributed by atoms with van der Waals surface area (Å²) in [5.41, 5.74) is 2.79. The summed E-state index contributed by atoms with van der Waals surface area (Å²) in [5.74, 6) is 0.952. The Morgan fingerprint density at radius 1 is 1.12 bits per heavy atom. The van der Waals surface area contributed by atoms with E-state index in [0.29, 0.717) is 0 Å². The molecule has 0 aliphatic carbocycles. The average Bonchev–Trinajstić information content (AvgIpc) is 2.83. The molecular weight excluding hydrogens is 202 g/mol. The van der Waals surface area contributed by atoms with Crippen molar-refractivity contribution >= 4 is 5.65 Å². The minimum Gasteiger partial charge on any atom is -0.290 e. The molecule has 0 saturated heterocycles. The summed E-state index contributed by atoms with van der Waals surface area (Å²) in [6.45, 7) is 3.93. The van der Waals surface area contributed by atoms with Crippen LogP contribution >= 0.6 is 0 Å². The van der Waals surface area contributed by atoms with Gasteiger partial charge in [0.1, 0.15) is 12.1 Å². The molecule has 0 aromatic carbocycles. The number of rotatable bonds is 1. The molecule has 80 valence electrons. The second-order valence-corrected chi connectivity index (χ2v) is 3.78. The van der Waals surface area contributed by atoms with Crippen molar-refractivity contribution in [3.8, 4) is 5.82 Å². The Morgan fingerprint density at radius 3 is 2.75 bits per heavy atom. The molecule has 0 unspecified atom stereocenters. The van der Waals surface area contributed by atoms with Crippen LogP contribution < -0.4 is 0 Å². The van der Waals surface area contributed by atoms with E-state index >= 15 is 0 Å². The number of hydrogen-bond acceptors (Lipinski definition) is 3. The van der Waals surface area contributed by atoms with Gasteiger partial charge in [-0.2, -0.15) is 9.61 Å². The fourth-order valence-corrected chi connectivity index (χ4v) is 1.77. The molecule has 0 bridgehead atoms. The van der Waals surface area contributed by atoms with E-state index in [-0.39, 0.29) is 0 Å². The minimum atomic E-state index is 0.862. The zero-order chi connectivity index (χ0) is 11.1. The molecule has 5 nitrogen and oxygen atoms in total. The number of nitrogens with zero attached hydrogens (tertiary/aromatic N) is 5. The fraction of sp³-hybridized carbons (Fsp3) is 0.182. The van der Waals surface area contributed by atoms with Gasteiger partial charge in [-0.15, -0.1) is 0 Å². The number of hydrogen-bond donors (Lipinski definition) is 0. The Morgan fingerprint density at radius 2 is 2.00 bits per heavy atom. The Balaban J connectivity index is 2.38. The maximum Gasteiger partial charge on any atom is 0.157 e. The number of aromatic nitrogens is 5. The third-order valence-corrected chi connectivity index (χ3v) is 2.43. The van der Waals surface area contributed by atoms with E-state index in [4.69, 9.17) is 0 Å². The van der Waals surface area contributed by atoms with Crippen molar-refractivity contribution in [2.45, 2.75) is 13.8 Å². The molecule has 0 aliphatic heterocycles. The standard InChI is InChI=1S/C11H11N5/c1-8-6-11(15-4-3-12-7-15)16-10(13-8)5-9(2)14-16/h3-7H,1-2H3. The average molecular weight is 213 g/mol. The zero-order valence-corrected chi connectivity index (χ0v) is 9.12. The van der Waals surface area contributed by atoms with Crippen molar-refractivity contribution in [2.24, 2.45) is 0 Å². The maximum atomic E-state index is 4.43. The second kappa shape index (κ2) is 3.16. The summed E-state index contributed by atoms with van der Waals surface area (Å²) >= 11 is 0. The van der Waals surface area contributed by atoms with E-state index in [1.54, 1.807) is 12.5 Å². The quantitative estimate of drug-likeness (QED) is 0.616. The van der Waals surface area contributed by atoms with E-state index in [0.717, 1.165) is 22.9 Å². The first-order chi connectivity index (χ1) is 7.74. The first-order valence-corrected chi connectivity index (χ1v) is 5.06. The Bertz CT molecular complexity index is 636. The molecule has 3 rings (SSSR count). The molecular formula is C11H11N5. The summed E-state index contributed by atoms with van der Waals surface area (Å²) in [7, 11) is 0. The number of fused-ring (bicyclic) bond motifs is 1. The topological polar surface area (TPSA) is 48.0 Å². The van der Waals surface area contributed by atoms with Crippen molar-refractivity contribution in [3.63, 3.8) is 0 Å². The lowest BCUT2D eigenvalue weighted by Crippen LogP contribution is -2.04. The predicted molar refractivity (Wildman–Crippen MR) is 59.6 cm³/mol. The van der Waals surface area contributed by atoms with Crippen LogP contribution in [0.25, 0.3) is 11.5 Å². The number of aryl methyl sites for hydroxylation is 2. The summed E-state index contributed by atoms with van der Waals surface area (Å²) in [5, 5.41) is 4.42. The largest absolute Gasteiger partial charge is 0.290 e. The van der Waals surface area contributed by atoms with Gasteiger partial charge >= 0.3 is 0 Å². The molecule has 3 aromatic heterocycles. The van der Waals surface area contributed by atoms with Crippen molar-refractivity contribution < 1.29 is 0 Å². The predicted octanol–water partition coefficient (Wildman–Crippen LogP) is 1.53. The zero-order valence-electron chi connectivity index (χ0n) is 9.12. The van der Waals surface area contributed by atoms with Gasteiger partial charge in [-0.25, -0.2) is 9.97 Å². The van der Waals surface area contributed by atoms with Crippen LogP contribution in [0.3, 0.4) is 0 Å². The minimum absolute atomic E-state index is 0.862.